The molecule has 0 heterocycles. The Kier molecular flexibility index (Phi) is 70.4. The number of hydrogen-bond donors (Lipinski definition) is 0. The molecule has 0 fully saturated rings. The molecule has 12 heteroatoms. The normalized spacial score (nSPS) is 10.7. The third-order valence-corrected chi connectivity index (χ3v) is 16.4. The Morgan fingerprint density at radius 2 is 0.435 bits per heavy atom. The van der Waals surface area contributed by atoms with Crippen molar-refractivity contribution in [2.75, 3.05) is 84.6 Å². The zero-order valence-corrected chi connectivity index (χ0v) is 78.2. The molecule has 0 N–H and O–H groups in total. The summed E-state index contributed by atoms with van der Waals surface area (Å²) >= 11 is 0. The van der Waals surface area contributed by atoms with Gasteiger partial charge in [-0.05, 0) is 221 Å². The Hall–Kier alpha value is -7.86. The molecule has 0 radical (unpaired) electrons. The first-order valence-electron chi connectivity index (χ1n) is 41.6. The van der Waals surface area contributed by atoms with Gasteiger partial charge in [0.2, 0.25) is 0 Å². The number of benzene rings is 6. The average molecular weight is 1490 g/mol. The van der Waals surface area contributed by atoms with Gasteiger partial charge in [-0.15, -0.1) is 0 Å². The maximum atomic E-state index is 4.48. The molecule has 0 spiro atoms. The lowest BCUT2D eigenvalue weighted by atomic mass is 9.95. The summed E-state index contributed by atoms with van der Waals surface area (Å²) in [6, 6.07) is 39.7. The van der Waals surface area contributed by atoms with Gasteiger partial charge in [-0.3, -0.25) is 0 Å². The summed E-state index contributed by atoms with van der Waals surface area (Å²) < 4.78 is 0. The molecule has 0 unspecified atom stereocenters. The second-order valence-corrected chi connectivity index (χ2v) is 25.3. The van der Waals surface area contributed by atoms with Gasteiger partial charge >= 0.3 is 0 Å². The van der Waals surface area contributed by atoms with Crippen LogP contribution in [0.2, 0.25) is 0 Å². The standard InChI is InChI=1S/6C14H22N2.6C2H6/c2*1-6-12-8-9-14(10-13(12)7-2)11(3)15-16(4)5;2*1-6-12-8-9-13(7-2)14(10-12)11(3)15-16(4)5;2*1-6-12-9-8-10-14(13(12)7-2)11(3)15-16(4)5;6*1-2/h6*8-10H,6-7H2,1-5H3;6*1-2H3/b6*15-11+;;;;;;. The average Bonchev–Trinajstić information content (AvgIpc) is 0.842. The lowest BCUT2D eigenvalue weighted by molar-refractivity contribution is 0.437. The third kappa shape index (κ3) is 44.6. The summed E-state index contributed by atoms with van der Waals surface area (Å²) in [5, 5.41) is 37.9. The lowest BCUT2D eigenvalue weighted by Gasteiger charge is -2.14. The molecule has 12 nitrogen and oxygen atoms in total. The number of nitrogens with zero attached hydrogens (tertiary/aromatic N) is 12. The maximum absolute atomic E-state index is 4.48. The van der Waals surface area contributed by atoms with Gasteiger partial charge in [-0.25, -0.2) is 0 Å². The minimum atomic E-state index is 1.06. The van der Waals surface area contributed by atoms with Crippen LogP contribution in [0.5, 0.6) is 0 Å². The van der Waals surface area contributed by atoms with E-state index in [1.807, 2.05) is 198 Å². The molecule has 6 aromatic rings. The second kappa shape index (κ2) is 68.4. The van der Waals surface area contributed by atoms with Crippen LogP contribution in [0.1, 0.15) is 308 Å². The summed E-state index contributed by atoms with van der Waals surface area (Å²) in [6.07, 6.45) is 13.0. The predicted octanol–water partition coefficient (Wildman–Crippen LogP) is 24.7. The summed E-state index contributed by atoms with van der Waals surface area (Å²) in [4.78, 5) is 0. The summed E-state index contributed by atoms with van der Waals surface area (Å²) in [7, 11) is 23.5. The van der Waals surface area contributed by atoms with E-state index < -0.39 is 0 Å². The zero-order chi connectivity index (χ0) is 84.8. The Morgan fingerprint density at radius 1 is 0.213 bits per heavy atom. The Balaban J connectivity index is -0.000000281. The highest BCUT2D eigenvalue weighted by Crippen LogP contribution is 2.22. The van der Waals surface area contributed by atoms with E-state index in [1.54, 1.807) is 0 Å². The molecule has 0 atom stereocenters. The summed E-state index contributed by atoms with van der Waals surface area (Å²) in [6.45, 7) is 62.8. The van der Waals surface area contributed by atoms with Crippen molar-refractivity contribution in [1.29, 1.82) is 0 Å². The van der Waals surface area contributed by atoms with Crippen LogP contribution < -0.4 is 0 Å². The fraction of sp³-hybridized carbons (Fsp3) is 0.562. The Bertz CT molecular complexity index is 3170. The molecule has 6 aromatic carbocycles. The fourth-order valence-electron chi connectivity index (χ4n) is 11.6. The van der Waals surface area contributed by atoms with E-state index in [4.69, 9.17) is 0 Å². The number of rotatable bonds is 24. The first kappa shape index (κ1) is 111. The third-order valence-electron chi connectivity index (χ3n) is 16.4. The number of hydrogen-bond acceptors (Lipinski definition) is 12. The minimum absolute atomic E-state index is 1.06. The van der Waals surface area contributed by atoms with E-state index in [1.165, 1.54) is 100 Å². The summed E-state index contributed by atoms with van der Waals surface area (Å²) in [5.74, 6) is 0. The molecular weight excluding hydrogens is 1320 g/mol. The van der Waals surface area contributed by atoms with Crippen LogP contribution in [0.15, 0.2) is 140 Å². The van der Waals surface area contributed by atoms with Gasteiger partial charge in [0, 0.05) is 107 Å². The van der Waals surface area contributed by atoms with Crippen molar-refractivity contribution in [3.63, 3.8) is 0 Å². The molecule has 0 aliphatic heterocycles. The number of hydrazone groups is 6. The molecular formula is C96H168N12. The topological polar surface area (TPSA) is 93.6 Å². The number of aryl methyl sites for hydroxylation is 10. The van der Waals surface area contributed by atoms with Crippen LogP contribution in [0.3, 0.4) is 0 Å². The van der Waals surface area contributed by atoms with Gasteiger partial charge in [0.1, 0.15) is 0 Å². The van der Waals surface area contributed by atoms with E-state index in [9.17, 15) is 0 Å². The van der Waals surface area contributed by atoms with Gasteiger partial charge in [0.25, 0.3) is 0 Å². The highest BCUT2D eigenvalue weighted by molar-refractivity contribution is 6.02. The van der Waals surface area contributed by atoms with E-state index in [2.05, 4.69) is 264 Å². The van der Waals surface area contributed by atoms with Gasteiger partial charge in [0.05, 0.1) is 34.3 Å². The van der Waals surface area contributed by atoms with E-state index >= 15 is 0 Å². The summed E-state index contributed by atoms with van der Waals surface area (Å²) in [5.41, 5.74) is 31.1. The molecule has 0 bridgehead atoms. The van der Waals surface area contributed by atoms with Crippen molar-refractivity contribution in [2.24, 2.45) is 30.6 Å². The van der Waals surface area contributed by atoms with Gasteiger partial charge in [-0.2, -0.15) is 30.6 Å². The molecule has 0 aliphatic rings. The van der Waals surface area contributed by atoms with Crippen molar-refractivity contribution in [3.8, 4) is 0 Å². The van der Waals surface area contributed by atoms with Crippen molar-refractivity contribution in [3.05, 3.63) is 209 Å². The second-order valence-electron chi connectivity index (χ2n) is 25.3. The molecule has 0 amide bonds. The fourth-order valence-corrected chi connectivity index (χ4v) is 11.6. The van der Waals surface area contributed by atoms with Crippen molar-refractivity contribution >= 4 is 34.3 Å². The highest BCUT2D eigenvalue weighted by atomic mass is 15.4. The molecule has 0 saturated carbocycles. The molecule has 0 aromatic heterocycles. The molecule has 0 saturated heterocycles. The smallest absolute Gasteiger partial charge is 0.0649 e. The zero-order valence-electron chi connectivity index (χ0n) is 78.2. The molecule has 6 rings (SSSR count). The van der Waals surface area contributed by atoms with Crippen LogP contribution in [0, 0.1) is 0 Å². The first-order valence-corrected chi connectivity index (χ1v) is 41.6. The van der Waals surface area contributed by atoms with Crippen molar-refractivity contribution < 1.29 is 0 Å². The van der Waals surface area contributed by atoms with Gasteiger partial charge in [0.15, 0.2) is 0 Å². The van der Waals surface area contributed by atoms with Crippen molar-refractivity contribution in [1.82, 2.24) is 30.1 Å². The largest absolute Gasteiger partial charge is 0.303 e. The van der Waals surface area contributed by atoms with Crippen LogP contribution in [0.25, 0.3) is 0 Å². The predicted molar refractivity (Wildman–Crippen MR) is 495 cm³/mol. The van der Waals surface area contributed by atoms with Crippen LogP contribution >= 0.6 is 0 Å². The monoisotopic (exact) mass is 1490 g/mol. The Morgan fingerprint density at radius 3 is 0.648 bits per heavy atom. The van der Waals surface area contributed by atoms with E-state index in [-0.39, 0.29) is 0 Å². The molecule has 0 aliphatic carbocycles. The SMILES string of the molecule is CC.CC.CC.CC.CC.CC.CCc1ccc(/C(C)=N/N(C)C)cc1CC.CCc1ccc(/C(C)=N/N(C)C)cc1CC.CCc1ccc(CC)c(/C(C)=N/N(C)C)c1.CCc1ccc(CC)c(/C(C)=N/N(C)C)c1.CCc1cccc(/C(C)=N/N(C)C)c1CC.CCc1cccc(/C(C)=N/N(C)C)c1CC. The van der Waals surface area contributed by atoms with Crippen molar-refractivity contribution in [2.45, 2.75) is 285 Å². The maximum Gasteiger partial charge on any atom is 0.0649 e. The highest BCUT2D eigenvalue weighted by Gasteiger charge is 2.12. The quantitative estimate of drug-likeness (QED) is 0.0443. The van der Waals surface area contributed by atoms with Gasteiger partial charge < -0.3 is 30.1 Å². The van der Waals surface area contributed by atoms with Crippen LogP contribution in [-0.2, 0) is 77.0 Å². The minimum Gasteiger partial charge on any atom is -0.303 e. The molecule has 612 valence electrons. The van der Waals surface area contributed by atoms with Gasteiger partial charge in [-0.1, -0.05) is 251 Å². The van der Waals surface area contributed by atoms with E-state index in [0.717, 1.165) is 111 Å². The molecule has 108 heavy (non-hydrogen) atoms. The lowest BCUT2D eigenvalue weighted by Crippen LogP contribution is -2.10. The van der Waals surface area contributed by atoms with Crippen LogP contribution in [0.4, 0.5) is 0 Å². The van der Waals surface area contributed by atoms with Crippen LogP contribution in [-0.4, -0.2) is 149 Å². The Labute approximate surface area is 669 Å². The first-order chi connectivity index (χ1) is 51.5. The van der Waals surface area contributed by atoms with E-state index in [0.29, 0.717) is 0 Å².